The van der Waals surface area contributed by atoms with Gasteiger partial charge in [-0.05, 0) is 38.5 Å². The number of benzene rings is 2. The smallest absolute Gasteiger partial charge is 0.287 e. The maximum atomic E-state index is 13.2. The van der Waals surface area contributed by atoms with Gasteiger partial charge in [0.15, 0.2) is 12.6 Å². The molecule has 0 heterocycles. The second-order valence-electron chi connectivity index (χ2n) is 7.28. The molecule has 3 N–H and O–H groups in total. The Morgan fingerprint density at radius 3 is 2.39 bits per heavy atom. The molecule has 0 aliphatic rings. The van der Waals surface area contributed by atoms with Gasteiger partial charge in [-0.1, -0.05) is 36.4 Å². The molecular formula is C22H30N3O3+. The number of aryl methyl sites for hydroxylation is 1. The van der Waals surface area contributed by atoms with Crippen molar-refractivity contribution in [1.29, 1.82) is 0 Å². The molecule has 28 heavy (non-hydrogen) atoms. The molecule has 2 aromatic rings. The van der Waals surface area contributed by atoms with Gasteiger partial charge in [-0.15, -0.1) is 0 Å². The number of rotatable bonds is 8. The topological polar surface area (TPSA) is 71.9 Å². The quantitative estimate of drug-likeness (QED) is 0.649. The van der Waals surface area contributed by atoms with Crippen molar-refractivity contribution in [3.8, 4) is 5.75 Å². The van der Waals surface area contributed by atoms with Crippen LogP contribution in [-0.4, -0.2) is 38.6 Å². The minimum absolute atomic E-state index is 0.0563. The molecule has 1 unspecified atom stereocenters. The number of carbonyl (C=O) groups is 2. The highest BCUT2D eigenvalue weighted by Crippen LogP contribution is 2.26. The van der Waals surface area contributed by atoms with Crippen LogP contribution < -0.4 is 20.3 Å². The molecule has 0 saturated heterocycles. The average molecular weight is 385 g/mol. The van der Waals surface area contributed by atoms with E-state index < -0.39 is 6.04 Å². The van der Waals surface area contributed by atoms with E-state index in [0.29, 0.717) is 11.4 Å². The lowest BCUT2D eigenvalue weighted by atomic mass is 10.0. The van der Waals surface area contributed by atoms with Crippen molar-refractivity contribution in [2.45, 2.75) is 32.9 Å². The summed E-state index contributed by atoms with van der Waals surface area (Å²) in [6.07, 6.45) is 0. The zero-order valence-electron chi connectivity index (χ0n) is 17.2. The molecule has 6 heteroatoms. The Hall–Kier alpha value is -2.86. The van der Waals surface area contributed by atoms with Crippen molar-refractivity contribution in [1.82, 2.24) is 5.32 Å². The molecule has 0 bridgehead atoms. The van der Waals surface area contributed by atoms with Crippen molar-refractivity contribution in [2.75, 3.05) is 26.0 Å². The minimum atomic E-state index is -0.538. The van der Waals surface area contributed by atoms with E-state index >= 15 is 0 Å². The lowest BCUT2D eigenvalue weighted by Crippen LogP contribution is -3.11. The van der Waals surface area contributed by atoms with Gasteiger partial charge in [0.05, 0.1) is 19.8 Å². The predicted octanol–water partition coefficient (Wildman–Crippen LogP) is 1.72. The zero-order valence-corrected chi connectivity index (χ0v) is 17.2. The standard InChI is InChI=1S/C22H29N3O3/c1-15(2)23-20(26)14-25(4)21(17-9-7-6-8-10-17)22(27)24-18-13-16(3)11-12-19(18)28-5/h6-13,15,21H,14H2,1-5H3,(H,23,26)(H,24,27)/p+1/t21-/m1/s1. The van der Waals surface area contributed by atoms with E-state index in [1.54, 1.807) is 7.11 Å². The Labute approximate surface area is 166 Å². The third-order valence-electron chi connectivity index (χ3n) is 4.39. The van der Waals surface area contributed by atoms with E-state index in [9.17, 15) is 9.59 Å². The monoisotopic (exact) mass is 384 g/mol. The number of hydrogen-bond acceptors (Lipinski definition) is 3. The maximum absolute atomic E-state index is 13.2. The largest absolute Gasteiger partial charge is 0.495 e. The van der Waals surface area contributed by atoms with Gasteiger partial charge in [0.25, 0.3) is 11.8 Å². The fourth-order valence-corrected chi connectivity index (χ4v) is 3.16. The summed E-state index contributed by atoms with van der Waals surface area (Å²) in [5.74, 6) is 0.320. The second kappa shape index (κ2) is 9.90. The average Bonchev–Trinajstić information content (AvgIpc) is 2.62. The highest BCUT2D eigenvalue weighted by Gasteiger charge is 2.31. The first-order valence-corrected chi connectivity index (χ1v) is 9.44. The van der Waals surface area contributed by atoms with Gasteiger partial charge in [0.1, 0.15) is 5.75 Å². The van der Waals surface area contributed by atoms with Crippen LogP contribution in [-0.2, 0) is 9.59 Å². The number of anilines is 1. The van der Waals surface area contributed by atoms with Crippen molar-refractivity contribution in [2.24, 2.45) is 0 Å². The van der Waals surface area contributed by atoms with Gasteiger partial charge in [-0.3, -0.25) is 9.59 Å². The van der Waals surface area contributed by atoms with Crippen LogP contribution >= 0.6 is 0 Å². The summed E-state index contributed by atoms with van der Waals surface area (Å²) >= 11 is 0. The fourth-order valence-electron chi connectivity index (χ4n) is 3.16. The zero-order chi connectivity index (χ0) is 20.7. The molecule has 150 valence electrons. The fraction of sp³-hybridized carbons (Fsp3) is 0.364. The summed E-state index contributed by atoms with van der Waals surface area (Å²) in [4.78, 5) is 26.2. The SMILES string of the molecule is COc1ccc(C)cc1NC(=O)[C@@H](c1ccccc1)[NH+](C)CC(=O)NC(C)C. The number of carbonyl (C=O) groups excluding carboxylic acids is 2. The summed E-state index contributed by atoms with van der Waals surface area (Å²) in [6.45, 7) is 5.98. The first-order valence-electron chi connectivity index (χ1n) is 9.44. The third-order valence-corrected chi connectivity index (χ3v) is 4.39. The number of ether oxygens (including phenoxy) is 1. The van der Waals surface area contributed by atoms with Crippen molar-refractivity contribution in [3.63, 3.8) is 0 Å². The Bertz CT molecular complexity index is 806. The van der Waals surface area contributed by atoms with Crippen LogP contribution in [0.4, 0.5) is 5.69 Å². The number of methoxy groups -OCH3 is 1. The van der Waals surface area contributed by atoms with Crippen molar-refractivity contribution < 1.29 is 19.2 Å². The molecule has 0 aliphatic carbocycles. The Kier molecular flexibility index (Phi) is 7.58. The van der Waals surface area contributed by atoms with Gasteiger partial charge in [-0.2, -0.15) is 0 Å². The summed E-state index contributed by atoms with van der Waals surface area (Å²) in [5.41, 5.74) is 2.48. The van der Waals surface area contributed by atoms with Crippen molar-refractivity contribution >= 4 is 17.5 Å². The number of quaternary nitrogens is 1. The molecule has 0 aromatic heterocycles. The molecule has 0 radical (unpaired) electrons. The first kappa shape index (κ1) is 21.4. The maximum Gasteiger partial charge on any atom is 0.287 e. The molecular weight excluding hydrogens is 354 g/mol. The number of amides is 2. The number of nitrogens with one attached hydrogen (secondary N) is 3. The molecule has 0 fully saturated rings. The summed E-state index contributed by atoms with van der Waals surface area (Å²) in [6, 6.07) is 14.6. The molecule has 6 nitrogen and oxygen atoms in total. The molecule has 0 saturated carbocycles. The molecule has 0 spiro atoms. The van der Waals surface area contributed by atoms with Gasteiger partial charge < -0.3 is 20.3 Å². The van der Waals surface area contributed by atoms with Crippen LogP contribution in [0.25, 0.3) is 0 Å². The normalized spacial score (nSPS) is 12.9. The van der Waals surface area contributed by atoms with E-state index in [1.165, 1.54) is 0 Å². The molecule has 2 rings (SSSR count). The Balaban J connectivity index is 2.28. The number of likely N-dealkylation sites (N-methyl/N-ethyl adjacent to an activating group) is 1. The summed E-state index contributed by atoms with van der Waals surface area (Å²) in [7, 11) is 3.42. The van der Waals surface area contributed by atoms with E-state index in [4.69, 9.17) is 4.74 Å². The lowest BCUT2D eigenvalue weighted by Gasteiger charge is -2.25. The number of hydrogen-bond donors (Lipinski definition) is 3. The second-order valence-corrected chi connectivity index (χ2v) is 7.28. The van der Waals surface area contributed by atoms with Crippen molar-refractivity contribution in [3.05, 3.63) is 59.7 Å². The molecule has 0 aliphatic heterocycles. The minimum Gasteiger partial charge on any atom is -0.495 e. The summed E-state index contributed by atoms with van der Waals surface area (Å²) < 4.78 is 5.37. The van der Waals surface area contributed by atoms with Crippen LogP contribution in [0.2, 0.25) is 0 Å². The Morgan fingerprint density at radius 2 is 1.79 bits per heavy atom. The van der Waals surface area contributed by atoms with Gasteiger partial charge in [-0.25, -0.2) is 0 Å². The molecule has 2 atom stereocenters. The van der Waals surface area contributed by atoms with E-state index in [2.05, 4.69) is 10.6 Å². The Morgan fingerprint density at radius 1 is 1.11 bits per heavy atom. The lowest BCUT2D eigenvalue weighted by molar-refractivity contribution is -0.894. The van der Waals surface area contributed by atoms with E-state index in [-0.39, 0.29) is 24.4 Å². The predicted molar refractivity (Wildman–Crippen MR) is 111 cm³/mol. The van der Waals surface area contributed by atoms with E-state index in [0.717, 1.165) is 16.0 Å². The van der Waals surface area contributed by atoms with Gasteiger partial charge in [0.2, 0.25) is 0 Å². The summed E-state index contributed by atoms with van der Waals surface area (Å²) in [5, 5.41) is 5.86. The first-order chi connectivity index (χ1) is 13.3. The highest BCUT2D eigenvalue weighted by molar-refractivity contribution is 5.96. The van der Waals surface area contributed by atoms with Crippen LogP contribution in [0.1, 0.15) is 31.0 Å². The van der Waals surface area contributed by atoms with Crippen LogP contribution in [0.5, 0.6) is 5.75 Å². The molecule has 2 amide bonds. The van der Waals surface area contributed by atoms with Gasteiger partial charge in [0, 0.05) is 11.6 Å². The van der Waals surface area contributed by atoms with Gasteiger partial charge >= 0.3 is 0 Å². The van der Waals surface area contributed by atoms with Crippen LogP contribution in [0.3, 0.4) is 0 Å². The highest BCUT2D eigenvalue weighted by atomic mass is 16.5. The van der Waals surface area contributed by atoms with Crippen LogP contribution in [0.15, 0.2) is 48.5 Å². The molecule has 2 aromatic carbocycles. The van der Waals surface area contributed by atoms with Crippen LogP contribution in [0, 0.1) is 6.92 Å². The van der Waals surface area contributed by atoms with E-state index in [1.807, 2.05) is 76.3 Å². The third kappa shape index (κ3) is 5.82.